The van der Waals surface area contributed by atoms with Crippen molar-refractivity contribution in [2.45, 2.75) is 63.3 Å². The van der Waals surface area contributed by atoms with Crippen molar-refractivity contribution in [1.29, 1.82) is 0 Å². The van der Waals surface area contributed by atoms with E-state index in [-0.39, 0.29) is 18.3 Å². The fourth-order valence-electron chi connectivity index (χ4n) is 3.53. The molecule has 2 aliphatic rings. The summed E-state index contributed by atoms with van der Waals surface area (Å²) in [6, 6.07) is 5.73. The Labute approximate surface area is 134 Å². The van der Waals surface area contributed by atoms with Gasteiger partial charge in [-0.1, -0.05) is 35.2 Å². The molecule has 2 fully saturated rings. The zero-order valence-electron chi connectivity index (χ0n) is 12.3. The molecule has 1 aromatic rings. The largest absolute Gasteiger partial charge is 0.491 e. The molecular formula is C17H23BrO3. The van der Waals surface area contributed by atoms with Crippen LogP contribution in [0.15, 0.2) is 22.7 Å². The van der Waals surface area contributed by atoms with E-state index in [0.717, 1.165) is 22.2 Å². The van der Waals surface area contributed by atoms with Gasteiger partial charge in [-0.05, 0) is 49.4 Å². The van der Waals surface area contributed by atoms with Gasteiger partial charge in [-0.15, -0.1) is 0 Å². The molecule has 3 nitrogen and oxygen atoms in total. The normalized spacial score (nSPS) is 24.4. The number of hydrogen-bond donors (Lipinski definition) is 1. The van der Waals surface area contributed by atoms with Crippen LogP contribution in [0.25, 0.3) is 0 Å². The Hall–Kier alpha value is -0.580. The van der Waals surface area contributed by atoms with E-state index in [1.165, 1.54) is 38.5 Å². The first kappa shape index (κ1) is 15.3. The smallest absolute Gasteiger partial charge is 0.119 e. The van der Waals surface area contributed by atoms with Crippen LogP contribution in [0, 0.1) is 0 Å². The number of benzene rings is 1. The van der Waals surface area contributed by atoms with Gasteiger partial charge in [0.2, 0.25) is 0 Å². The van der Waals surface area contributed by atoms with Crippen molar-refractivity contribution in [2.75, 3.05) is 6.61 Å². The van der Waals surface area contributed by atoms with Crippen molar-refractivity contribution in [3.05, 3.63) is 28.2 Å². The van der Waals surface area contributed by atoms with Crippen LogP contribution in [-0.4, -0.2) is 23.4 Å². The van der Waals surface area contributed by atoms with E-state index in [2.05, 4.69) is 15.9 Å². The molecule has 1 atom stereocenters. The number of halogens is 1. The molecule has 116 valence electrons. The minimum atomic E-state index is 0.0147. The topological polar surface area (TPSA) is 38.7 Å². The van der Waals surface area contributed by atoms with Gasteiger partial charge in [-0.2, -0.15) is 0 Å². The van der Waals surface area contributed by atoms with Gasteiger partial charge in [0.25, 0.3) is 0 Å². The van der Waals surface area contributed by atoms with E-state index in [4.69, 9.17) is 9.47 Å². The first-order valence-corrected chi connectivity index (χ1v) is 8.70. The van der Waals surface area contributed by atoms with Gasteiger partial charge in [0.05, 0.1) is 18.3 Å². The summed E-state index contributed by atoms with van der Waals surface area (Å²) >= 11 is 3.42. The summed E-state index contributed by atoms with van der Waals surface area (Å²) in [5.74, 6) is 0.801. The Bertz CT molecular complexity index is 483. The van der Waals surface area contributed by atoms with Crippen molar-refractivity contribution in [2.24, 2.45) is 0 Å². The molecule has 1 aliphatic carbocycles. The van der Waals surface area contributed by atoms with Crippen molar-refractivity contribution in [3.8, 4) is 5.75 Å². The molecule has 1 N–H and O–H groups in total. The van der Waals surface area contributed by atoms with Gasteiger partial charge < -0.3 is 14.6 Å². The molecule has 1 saturated heterocycles. The highest BCUT2D eigenvalue weighted by Crippen LogP contribution is 2.42. The molecule has 1 aliphatic heterocycles. The molecule has 4 heteroatoms. The van der Waals surface area contributed by atoms with Crippen molar-refractivity contribution < 1.29 is 14.6 Å². The maximum absolute atomic E-state index is 9.28. The van der Waals surface area contributed by atoms with Crippen molar-refractivity contribution >= 4 is 15.9 Å². The molecule has 0 aromatic heterocycles. The number of ether oxygens (including phenoxy) is 2. The van der Waals surface area contributed by atoms with Crippen LogP contribution in [0.1, 0.15) is 50.5 Å². The van der Waals surface area contributed by atoms with E-state index >= 15 is 0 Å². The molecule has 3 rings (SSSR count). The zero-order valence-corrected chi connectivity index (χ0v) is 13.9. The van der Waals surface area contributed by atoms with Gasteiger partial charge in [0.1, 0.15) is 12.4 Å². The minimum absolute atomic E-state index is 0.0147. The summed E-state index contributed by atoms with van der Waals surface area (Å²) in [5.41, 5.74) is 1.01. The van der Waals surface area contributed by atoms with Crippen LogP contribution in [0.2, 0.25) is 0 Å². The third kappa shape index (κ3) is 3.61. The summed E-state index contributed by atoms with van der Waals surface area (Å²) < 4.78 is 13.1. The molecule has 1 heterocycles. The Morgan fingerprint density at radius 1 is 1.24 bits per heavy atom. The molecule has 0 amide bonds. The van der Waals surface area contributed by atoms with Crippen LogP contribution in [0.5, 0.6) is 5.75 Å². The van der Waals surface area contributed by atoms with Gasteiger partial charge in [-0.25, -0.2) is 0 Å². The van der Waals surface area contributed by atoms with E-state index in [0.29, 0.717) is 6.61 Å². The Morgan fingerprint density at radius 2 is 2.05 bits per heavy atom. The predicted molar refractivity (Wildman–Crippen MR) is 85.5 cm³/mol. The second-order valence-corrected chi connectivity index (χ2v) is 7.10. The van der Waals surface area contributed by atoms with Crippen LogP contribution >= 0.6 is 15.9 Å². The first-order valence-electron chi connectivity index (χ1n) is 7.91. The van der Waals surface area contributed by atoms with Crippen LogP contribution in [0.4, 0.5) is 0 Å². The van der Waals surface area contributed by atoms with E-state index in [1.807, 2.05) is 18.2 Å². The molecule has 1 aromatic carbocycles. The predicted octanol–water partition coefficient (Wildman–Crippen LogP) is 4.20. The molecular weight excluding hydrogens is 332 g/mol. The lowest BCUT2D eigenvalue weighted by Crippen LogP contribution is -2.32. The highest BCUT2D eigenvalue weighted by atomic mass is 79.9. The average molecular weight is 355 g/mol. The van der Waals surface area contributed by atoms with Crippen molar-refractivity contribution in [3.63, 3.8) is 0 Å². The number of aliphatic hydroxyl groups excluding tert-OH is 1. The minimum Gasteiger partial charge on any atom is -0.491 e. The molecule has 1 unspecified atom stereocenters. The Kier molecular flexibility index (Phi) is 4.87. The highest BCUT2D eigenvalue weighted by Gasteiger charge is 2.40. The molecule has 0 radical (unpaired) electrons. The highest BCUT2D eigenvalue weighted by molar-refractivity contribution is 9.10. The summed E-state index contributed by atoms with van der Waals surface area (Å²) in [7, 11) is 0. The monoisotopic (exact) mass is 354 g/mol. The number of hydrogen-bond acceptors (Lipinski definition) is 3. The lowest BCUT2D eigenvalue weighted by molar-refractivity contribution is -0.0748. The lowest BCUT2D eigenvalue weighted by Gasteiger charge is -2.33. The molecule has 21 heavy (non-hydrogen) atoms. The van der Waals surface area contributed by atoms with Gasteiger partial charge >= 0.3 is 0 Å². The molecule has 1 saturated carbocycles. The zero-order chi connectivity index (χ0) is 14.7. The van der Waals surface area contributed by atoms with Crippen LogP contribution < -0.4 is 4.74 Å². The van der Waals surface area contributed by atoms with E-state index < -0.39 is 0 Å². The SMILES string of the molecule is OCc1cc(OCC2CCC3(CCCCC3)O2)ccc1Br. The maximum atomic E-state index is 9.28. The first-order chi connectivity index (χ1) is 10.2. The quantitative estimate of drug-likeness (QED) is 0.880. The summed E-state index contributed by atoms with van der Waals surface area (Å²) in [6.07, 6.45) is 8.90. The van der Waals surface area contributed by atoms with Gasteiger partial charge in [-0.3, -0.25) is 0 Å². The van der Waals surface area contributed by atoms with E-state index in [1.54, 1.807) is 0 Å². The Morgan fingerprint density at radius 3 is 2.81 bits per heavy atom. The second-order valence-electron chi connectivity index (χ2n) is 6.24. The number of aliphatic hydroxyl groups is 1. The van der Waals surface area contributed by atoms with Gasteiger partial charge in [0.15, 0.2) is 0 Å². The summed E-state index contributed by atoms with van der Waals surface area (Å²) in [6.45, 7) is 0.620. The lowest BCUT2D eigenvalue weighted by atomic mass is 9.83. The van der Waals surface area contributed by atoms with Crippen molar-refractivity contribution in [1.82, 2.24) is 0 Å². The van der Waals surface area contributed by atoms with Crippen LogP contribution in [-0.2, 0) is 11.3 Å². The van der Waals surface area contributed by atoms with Crippen LogP contribution in [0.3, 0.4) is 0 Å². The third-order valence-corrected chi connectivity index (χ3v) is 5.50. The maximum Gasteiger partial charge on any atom is 0.119 e. The standard InChI is InChI=1S/C17H23BrO3/c18-16-5-4-14(10-13(16)11-19)20-12-15-6-9-17(21-15)7-2-1-3-8-17/h4-5,10,15,19H,1-3,6-9,11-12H2. The third-order valence-electron chi connectivity index (χ3n) is 4.73. The Balaban J connectivity index is 1.54. The number of rotatable bonds is 4. The fourth-order valence-corrected chi connectivity index (χ4v) is 3.90. The fraction of sp³-hybridized carbons (Fsp3) is 0.647. The van der Waals surface area contributed by atoms with E-state index in [9.17, 15) is 5.11 Å². The summed E-state index contributed by atoms with van der Waals surface area (Å²) in [4.78, 5) is 0. The summed E-state index contributed by atoms with van der Waals surface area (Å²) in [5, 5.41) is 9.28. The molecule has 0 bridgehead atoms. The van der Waals surface area contributed by atoms with Gasteiger partial charge in [0, 0.05) is 4.47 Å². The molecule has 1 spiro atoms. The average Bonchev–Trinajstić information content (AvgIpc) is 2.90. The second kappa shape index (κ2) is 6.67.